The fourth-order valence-electron chi connectivity index (χ4n) is 9.34. The van der Waals surface area contributed by atoms with Crippen molar-refractivity contribution in [3.8, 4) is 39.1 Å². The second-order valence-corrected chi connectivity index (χ2v) is 17.0. The number of benzene rings is 10. The summed E-state index contributed by atoms with van der Waals surface area (Å²) >= 11 is 0. The van der Waals surface area contributed by atoms with Crippen LogP contribution in [0.25, 0.3) is 71.6 Å². The molecule has 2 nitrogen and oxygen atoms in total. The van der Waals surface area contributed by atoms with Crippen LogP contribution in [-0.4, -0.2) is 4.57 Å². The van der Waals surface area contributed by atoms with E-state index in [1.165, 1.54) is 71.6 Å². The van der Waals surface area contributed by atoms with E-state index in [0.29, 0.717) is 0 Å². The highest BCUT2D eigenvalue weighted by Gasteiger charge is 2.23. The van der Waals surface area contributed by atoms with Gasteiger partial charge in [0.1, 0.15) is 0 Å². The van der Waals surface area contributed by atoms with Crippen molar-refractivity contribution in [2.24, 2.45) is 0 Å². The maximum Gasteiger partial charge on any atom is 0.0561 e. The van der Waals surface area contributed by atoms with E-state index in [9.17, 15) is 0 Å². The lowest BCUT2D eigenvalue weighted by molar-refractivity contribution is 0.641. The van der Waals surface area contributed by atoms with Crippen molar-refractivity contribution in [3.05, 3.63) is 254 Å². The van der Waals surface area contributed by atoms with Crippen molar-refractivity contribution in [1.82, 2.24) is 4.57 Å². The van der Waals surface area contributed by atoms with Gasteiger partial charge in [-0.2, -0.15) is 0 Å². The second-order valence-electron chi connectivity index (χ2n) is 17.0. The highest BCUT2D eigenvalue weighted by atomic mass is 15.1. The molecule has 0 bridgehead atoms. The molecule has 300 valence electrons. The van der Waals surface area contributed by atoms with Crippen LogP contribution in [0.2, 0.25) is 0 Å². The Balaban J connectivity index is 1.03. The van der Waals surface area contributed by atoms with Gasteiger partial charge in [0.15, 0.2) is 0 Å². The van der Waals surface area contributed by atoms with Crippen molar-refractivity contribution in [3.63, 3.8) is 0 Å². The third kappa shape index (κ3) is 7.06. The Kier molecular flexibility index (Phi) is 9.55. The van der Waals surface area contributed by atoms with Gasteiger partial charge in [-0.3, -0.25) is 0 Å². The molecule has 2 heteroatoms. The van der Waals surface area contributed by atoms with Gasteiger partial charge in [-0.1, -0.05) is 190 Å². The van der Waals surface area contributed by atoms with E-state index in [0.717, 1.165) is 28.3 Å². The first-order valence-corrected chi connectivity index (χ1v) is 21.8. The normalized spacial score (nSPS) is 11.7. The Hall–Kier alpha value is -7.94. The Morgan fingerprint density at radius 3 is 1.46 bits per heavy atom. The maximum atomic E-state index is 2.42. The van der Waals surface area contributed by atoms with Crippen molar-refractivity contribution in [1.29, 1.82) is 0 Å². The van der Waals surface area contributed by atoms with Crippen LogP contribution in [0.5, 0.6) is 0 Å². The van der Waals surface area contributed by atoms with E-state index in [1.54, 1.807) is 0 Å². The number of hydrogen-bond donors (Lipinski definition) is 0. The molecule has 11 aromatic rings. The number of fused-ring (bicyclic) bond motifs is 4. The number of rotatable bonds is 9. The molecule has 0 aliphatic heterocycles. The van der Waals surface area contributed by atoms with Gasteiger partial charge in [-0.15, -0.1) is 0 Å². The minimum Gasteiger partial charge on any atom is -0.310 e. The lowest BCUT2D eigenvalue weighted by atomic mass is 9.78. The molecule has 0 N–H and O–H groups in total. The van der Waals surface area contributed by atoms with Crippen molar-refractivity contribution >= 4 is 49.6 Å². The van der Waals surface area contributed by atoms with E-state index >= 15 is 0 Å². The predicted molar refractivity (Wildman–Crippen MR) is 268 cm³/mol. The highest BCUT2D eigenvalue weighted by Crippen LogP contribution is 2.42. The van der Waals surface area contributed by atoms with Gasteiger partial charge in [0.05, 0.1) is 11.0 Å². The minimum atomic E-state index is -0.0956. The largest absolute Gasteiger partial charge is 0.310 e. The van der Waals surface area contributed by atoms with Crippen molar-refractivity contribution < 1.29 is 0 Å². The molecule has 0 amide bonds. The van der Waals surface area contributed by atoms with E-state index < -0.39 is 0 Å². The molecule has 0 spiro atoms. The summed E-state index contributed by atoms with van der Waals surface area (Å²) in [7, 11) is 0. The smallest absolute Gasteiger partial charge is 0.0561 e. The van der Waals surface area contributed by atoms with Crippen LogP contribution in [0.4, 0.5) is 17.1 Å². The molecule has 1 heterocycles. The predicted octanol–water partition coefficient (Wildman–Crippen LogP) is 16.7. The molecule has 0 saturated heterocycles. The SMILES string of the molecule is CC(C)(c1ccccc1)c1ccc(-c2ccc3c(c2)c2ccc(N(c4ccc(-c5ccccc5)cc4)c4ccc(-c5ccc6ccccc6c5)cc4)cc2n3-c2ccccc2)cc1. The van der Waals surface area contributed by atoms with Crippen LogP contribution in [0.1, 0.15) is 25.0 Å². The summed E-state index contributed by atoms with van der Waals surface area (Å²) in [6.07, 6.45) is 0. The zero-order valence-electron chi connectivity index (χ0n) is 35.5. The number of para-hydroxylation sites is 1. The van der Waals surface area contributed by atoms with Crippen LogP contribution in [0, 0.1) is 0 Å². The topological polar surface area (TPSA) is 8.17 Å². The summed E-state index contributed by atoms with van der Waals surface area (Å²) in [5.74, 6) is 0. The molecule has 0 aliphatic carbocycles. The lowest BCUT2D eigenvalue weighted by Gasteiger charge is -2.26. The molecule has 11 rings (SSSR count). The Labute approximate surface area is 369 Å². The van der Waals surface area contributed by atoms with Crippen LogP contribution < -0.4 is 4.90 Å². The molecular weight excluding hydrogens is 761 g/mol. The van der Waals surface area contributed by atoms with Gasteiger partial charge in [-0.05, 0) is 122 Å². The van der Waals surface area contributed by atoms with E-state index in [4.69, 9.17) is 0 Å². The van der Waals surface area contributed by atoms with E-state index in [-0.39, 0.29) is 5.41 Å². The first kappa shape index (κ1) is 38.0. The number of nitrogens with zero attached hydrogens (tertiary/aromatic N) is 2. The van der Waals surface area contributed by atoms with Crippen LogP contribution in [-0.2, 0) is 5.41 Å². The number of aromatic nitrogens is 1. The summed E-state index contributed by atoms with van der Waals surface area (Å²) in [5, 5.41) is 4.94. The molecule has 0 atom stereocenters. The van der Waals surface area contributed by atoms with Crippen LogP contribution >= 0.6 is 0 Å². The molecule has 0 radical (unpaired) electrons. The molecule has 0 saturated carbocycles. The molecule has 1 aromatic heterocycles. The number of hydrogen-bond acceptors (Lipinski definition) is 1. The van der Waals surface area contributed by atoms with Gasteiger partial charge in [0, 0.05) is 38.9 Å². The fourth-order valence-corrected chi connectivity index (χ4v) is 9.34. The lowest BCUT2D eigenvalue weighted by Crippen LogP contribution is -2.18. The summed E-state index contributed by atoms with van der Waals surface area (Å²) in [6.45, 7) is 4.61. The van der Waals surface area contributed by atoms with Crippen LogP contribution in [0.3, 0.4) is 0 Å². The molecule has 0 aliphatic rings. The fraction of sp³-hybridized carbons (Fsp3) is 0.0492. The molecule has 63 heavy (non-hydrogen) atoms. The summed E-state index contributed by atoms with van der Waals surface area (Å²) in [6, 6.07) is 88.4. The first-order chi connectivity index (χ1) is 31.0. The standard InChI is InChI=1S/C61H46N2/c1-61(2,51-18-8-4-9-19-51)52-31-24-46(25-32-52)50-30-39-59-58(41-50)57-38-37-56(42-60(57)63(59)53-20-10-5-11-21-53)62(54-33-26-45(27-34-54)43-14-6-3-7-15-43)55-35-28-47(29-36-55)49-23-22-44-16-12-13-17-48(44)40-49/h3-42H,1-2H3. The maximum absolute atomic E-state index is 2.42. The highest BCUT2D eigenvalue weighted by molar-refractivity contribution is 6.11. The monoisotopic (exact) mass is 806 g/mol. The van der Waals surface area contributed by atoms with Crippen molar-refractivity contribution in [2.45, 2.75) is 19.3 Å². The van der Waals surface area contributed by atoms with Crippen molar-refractivity contribution in [2.75, 3.05) is 4.90 Å². The quantitative estimate of drug-likeness (QED) is 0.141. The van der Waals surface area contributed by atoms with Gasteiger partial charge in [0.2, 0.25) is 0 Å². The van der Waals surface area contributed by atoms with Gasteiger partial charge >= 0.3 is 0 Å². The van der Waals surface area contributed by atoms with Crippen LogP contribution in [0.15, 0.2) is 243 Å². The molecule has 10 aromatic carbocycles. The zero-order valence-corrected chi connectivity index (χ0v) is 35.5. The summed E-state index contributed by atoms with van der Waals surface area (Å²) in [4.78, 5) is 2.38. The first-order valence-electron chi connectivity index (χ1n) is 21.8. The third-order valence-electron chi connectivity index (χ3n) is 12.9. The Bertz CT molecular complexity index is 3360. The third-order valence-corrected chi connectivity index (χ3v) is 12.9. The Morgan fingerprint density at radius 1 is 0.317 bits per heavy atom. The average Bonchev–Trinajstić information content (AvgIpc) is 3.68. The summed E-state index contributed by atoms with van der Waals surface area (Å²) < 4.78 is 2.42. The minimum absolute atomic E-state index is 0.0956. The molecule has 0 fully saturated rings. The van der Waals surface area contributed by atoms with Gasteiger partial charge in [0.25, 0.3) is 0 Å². The second kappa shape index (κ2) is 15.8. The van der Waals surface area contributed by atoms with Gasteiger partial charge in [-0.25, -0.2) is 0 Å². The number of anilines is 3. The zero-order chi connectivity index (χ0) is 42.3. The molecular formula is C61H46N2. The Morgan fingerprint density at radius 2 is 0.794 bits per heavy atom. The van der Waals surface area contributed by atoms with Gasteiger partial charge < -0.3 is 9.47 Å². The summed E-state index contributed by atoms with van der Waals surface area (Å²) in [5.41, 5.74) is 16.5. The van der Waals surface area contributed by atoms with E-state index in [1.807, 2.05) is 0 Å². The molecule has 0 unspecified atom stereocenters. The van der Waals surface area contributed by atoms with E-state index in [2.05, 4.69) is 266 Å². The average molecular weight is 807 g/mol.